The summed E-state index contributed by atoms with van der Waals surface area (Å²) < 4.78 is 10.8. The minimum atomic E-state index is -0.0734. The molecule has 1 amide bonds. The molecule has 0 heterocycles. The lowest BCUT2D eigenvalue weighted by Crippen LogP contribution is -2.26. The fourth-order valence-corrected chi connectivity index (χ4v) is 2.51. The van der Waals surface area contributed by atoms with Crippen LogP contribution in [0.3, 0.4) is 0 Å². The summed E-state index contributed by atoms with van der Waals surface area (Å²) in [4.78, 5) is 14.3. The van der Waals surface area contributed by atoms with Gasteiger partial charge >= 0.3 is 0 Å². The number of amides is 1. The summed E-state index contributed by atoms with van der Waals surface area (Å²) in [5.41, 5.74) is 0.900. The van der Waals surface area contributed by atoms with Crippen LogP contribution in [-0.2, 0) is 4.79 Å². The molecule has 0 saturated heterocycles. The van der Waals surface area contributed by atoms with Crippen LogP contribution < -0.4 is 14.8 Å². The van der Waals surface area contributed by atoms with E-state index in [-0.39, 0.29) is 5.91 Å². The van der Waals surface area contributed by atoms with Gasteiger partial charge < -0.3 is 19.7 Å². The van der Waals surface area contributed by atoms with Gasteiger partial charge in [-0.3, -0.25) is 4.79 Å². The number of carbonyl (C=O) groups is 1. The van der Waals surface area contributed by atoms with E-state index >= 15 is 0 Å². The standard InChI is InChI=1S/C20H32N2O3/c1-5-22(6-2)15-9-8-14-21-20(23)13-11-17-10-12-18(25-7-3)19(16-17)24-4/h10-13,16H,5-9,14-15H2,1-4H3,(H,21,23)/b13-11+. The normalized spacial score (nSPS) is 11.1. The van der Waals surface area contributed by atoms with Crippen molar-refractivity contribution in [3.8, 4) is 11.5 Å². The first kappa shape index (κ1) is 21.0. The molecule has 0 aliphatic rings. The monoisotopic (exact) mass is 348 g/mol. The molecule has 0 atom stereocenters. The lowest BCUT2D eigenvalue weighted by atomic mass is 10.2. The second-order valence-corrected chi connectivity index (χ2v) is 5.70. The van der Waals surface area contributed by atoms with Crippen LogP contribution in [0.25, 0.3) is 6.08 Å². The Kier molecular flexibility index (Phi) is 10.4. The second kappa shape index (κ2) is 12.4. The molecule has 0 radical (unpaired) electrons. The zero-order valence-electron chi connectivity index (χ0n) is 16.0. The smallest absolute Gasteiger partial charge is 0.243 e. The molecule has 1 rings (SSSR count). The third kappa shape index (κ3) is 8.07. The Bertz CT molecular complexity index is 540. The predicted molar refractivity (Wildman–Crippen MR) is 103 cm³/mol. The Labute approximate surface area is 152 Å². The molecular formula is C20H32N2O3. The molecule has 1 N–H and O–H groups in total. The molecule has 0 spiro atoms. The van der Waals surface area contributed by atoms with Crippen LogP contribution in [0.5, 0.6) is 11.5 Å². The molecule has 0 aromatic heterocycles. The molecule has 5 heteroatoms. The van der Waals surface area contributed by atoms with E-state index < -0.39 is 0 Å². The average Bonchev–Trinajstić information content (AvgIpc) is 2.64. The van der Waals surface area contributed by atoms with Crippen LogP contribution in [0.15, 0.2) is 24.3 Å². The number of carbonyl (C=O) groups excluding carboxylic acids is 1. The summed E-state index contributed by atoms with van der Waals surface area (Å²) >= 11 is 0. The molecule has 25 heavy (non-hydrogen) atoms. The molecular weight excluding hydrogens is 316 g/mol. The van der Waals surface area contributed by atoms with Gasteiger partial charge in [-0.2, -0.15) is 0 Å². The highest BCUT2D eigenvalue weighted by molar-refractivity contribution is 5.91. The van der Waals surface area contributed by atoms with Gasteiger partial charge in [-0.15, -0.1) is 0 Å². The van der Waals surface area contributed by atoms with Gasteiger partial charge in [0.25, 0.3) is 0 Å². The van der Waals surface area contributed by atoms with Crippen molar-refractivity contribution < 1.29 is 14.3 Å². The van der Waals surface area contributed by atoms with Gasteiger partial charge in [-0.1, -0.05) is 19.9 Å². The lowest BCUT2D eigenvalue weighted by molar-refractivity contribution is -0.116. The highest BCUT2D eigenvalue weighted by atomic mass is 16.5. The van der Waals surface area contributed by atoms with Gasteiger partial charge in [0.05, 0.1) is 13.7 Å². The number of hydrogen-bond acceptors (Lipinski definition) is 4. The van der Waals surface area contributed by atoms with E-state index in [1.165, 1.54) is 0 Å². The minimum absolute atomic E-state index is 0.0734. The van der Waals surface area contributed by atoms with E-state index in [2.05, 4.69) is 24.1 Å². The molecule has 140 valence electrons. The van der Waals surface area contributed by atoms with Crippen molar-refractivity contribution in [2.45, 2.75) is 33.6 Å². The molecule has 1 aromatic rings. The van der Waals surface area contributed by atoms with Crippen LogP contribution >= 0.6 is 0 Å². The second-order valence-electron chi connectivity index (χ2n) is 5.70. The van der Waals surface area contributed by atoms with Crippen molar-refractivity contribution in [1.29, 1.82) is 0 Å². The van der Waals surface area contributed by atoms with Crippen LogP contribution in [0.1, 0.15) is 39.2 Å². The van der Waals surface area contributed by atoms with Crippen molar-refractivity contribution >= 4 is 12.0 Å². The largest absolute Gasteiger partial charge is 0.493 e. The highest BCUT2D eigenvalue weighted by Gasteiger charge is 2.04. The first-order valence-corrected chi connectivity index (χ1v) is 9.13. The number of nitrogens with one attached hydrogen (secondary N) is 1. The number of ether oxygens (including phenoxy) is 2. The Morgan fingerprint density at radius 3 is 2.56 bits per heavy atom. The van der Waals surface area contributed by atoms with Gasteiger partial charge in [-0.25, -0.2) is 0 Å². The summed E-state index contributed by atoms with van der Waals surface area (Å²) in [6, 6.07) is 5.62. The minimum Gasteiger partial charge on any atom is -0.493 e. The molecule has 1 aromatic carbocycles. The maximum absolute atomic E-state index is 11.9. The maximum Gasteiger partial charge on any atom is 0.243 e. The highest BCUT2D eigenvalue weighted by Crippen LogP contribution is 2.28. The summed E-state index contributed by atoms with van der Waals surface area (Å²) in [6.45, 7) is 10.8. The van der Waals surface area contributed by atoms with Crippen LogP contribution in [0.4, 0.5) is 0 Å². The number of nitrogens with zero attached hydrogens (tertiary/aromatic N) is 1. The van der Waals surface area contributed by atoms with Crippen LogP contribution in [-0.4, -0.2) is 50.7 Å². The molecule has 0 fully saturated rings. The van der Waals surface area contributed by atoms with Crippen molar-refractivity contribution in [2.75, 3.05) is 39.9 Å². The van der Waals surface area contributed by atoms with Gasteiger partial charge in [0.1, 0.15) is 0 Å². The van der Waals surface area contributed by atoms with Crippen LogP contribution in [0, 0.1) is 0 Å². The number of hydrogen-bond donors (Lipinski definition) is 1. The summed E-state index contributed by atoms with van der Waals surface area (Å²) in [6.07, 6.45) is 5.43. The molecule has 0 unspecified atom stereocenters. The van der Waals surface area contributed by atoms with Crippen molar-refractivity contribution in [3.05, 3.63) is 29.8 Å². The first-order chi connectivity index (χ1) is 12.1. The quantitative estimate of drug-likeness (QED) is 0.465. The molecule has 0 bridgehead atoms. The van der Waals surface area contributed by atoms with Gasteiger partial charge in [-0.05, 0) is 63.2 Å². The van der Waals surface area contributed by atoms with Crippen molar-refractivity contribution in [3.63, 3.8) is 0 Å². The topological polar surface area (TPSA) is 50.8 Å². The van der Waals surface area contributed by atoms with Gasteiger partial charge in [0.15, 0.2) is 11.5 Å². The third-order valence-electron chi connectivity index (χ3n) is 4.01. The van der Waals surface area contributed by atoms with E-state index in [4.69, 9.17) is 9.47 Å². The Morgan fingerprint density at radius 1 is 1.16 bits per heavy atom. The fourth-order valence-electron chi connectivity index (χ4n) is 2.51. The molecule has 0 aliphatic heterocycles. The number of benzene rings is 1. The number of rotatable bonds is 12. The summed E-state index contributed by atoms with van der Waals surface area (Å²) in [5.74, 6) is 1.30. The Morgan fingerprint density at radius 2 is 1.92 bits per heavy atom. The summed E-state index contributed by atoms with van der Waals surface area (Å²) in [5, 5.41) is 2.92. The lowest BCUT2D eigenvalue weighted by Gasteiger charge is -2.17. The van der Waals surface area contributed by atoms with Crippen molar-refractivity contribution in [1.82, 2.24) is 10.2 Å². The zero-order valence-corrected chi connectivity index (χ0v) is 16.0. The molecule has 5 nitrogen and oxygen atoms in total. The SMILES string of the molecule is CCOc1ccc(/C=C/C(=O)NCCCCN(CC)CC)cc1OC. The average molecular weight is 348 g/mol. The van der Waals surface area contributed by atoms with E-state index in [1.807, 2.05) is 25.1 Å². The number of methoxy groups -OCH3 is 1. The third-order valence-corrected chi connectivity index (χ3v) is 4.01. The van der Waals surface area contributed by atoms with Crippen molar-refractivity contribution in [2.24, 2.45) is 0 Å². The summed E-state index contributed by atoms with van der Waals surface area (Å²) in [7, 11) is 1.61. The first-order valence-electron chi connectivity index (χ1n) is 9.13. The molecule has 0 aliphatic carbocycles. The van der Waals surface area contributed by atoms with E-state index in [1.54, 1.807) is 19.3 Å². The maximum atomic E-state index is 11.9. The number of unbranched alkanes of at least 4 members (excludes halogenated alkanes) is 1. The van der Waals surface area contributed by atoms with Gasteiger partial charge in [0.2, 0.25) is 5.91 Å². The predicted octanol–water partition coefficient (Wildman–Crippen LogP) is 3.35. The Balaban J connectivity index is 2.39. The van der Waals surface area contributed by atoms with E-state index in [0.717, 1.165) is 38.0 Å². The van der Waals surface area contributed by atoms with Crippen LogP contribution in [0.2, 0.25) is 0 Å². The Hall–Kier alpha value is -2.01. The van der Waals surface area contributed by atoms with E-state index in [9.17, 15) is 4.79 Å². The van der Waals surface area contributed by atoms with Gasteiger partial charge in [0, 0.05) is 12.6 Å². The fraction of sp³-hybridized carbons (Fsp3) is 0.550. The molecule has 0 saturated carbocycles. The van der Waals surface area contributed by atoms with E-state index in [0.29, 0.717) is 24.7 Å². The zero-order chi connectivity index (χ0) is 18.5.